The van der Waals surface area contributed by atoms with Gasteiger partial charge in [-0.05, 0) is 50.6 Å². The number of hydrogen-bond acceptors (Lipinski definition) is 4. The van der Waals surface area contributed by atoms with E-state index in [4.69, 9.17) is 4.74 Å². The molecule has 2 rings (SSSR count). The maximum Gasteiger partial charge on any atom is 0.220 e. The molecule has 0 spiro atoms. The third-order valence-electron chi connectivity index (χ3n) is 3.66. The van der Waals surface area contributed by atoms with E-state index in [1.54, 1.807) is 0 Å². The summed E-state index contributed by atoms with van der Waals surface area (Å²) in [5.74, 6) is 0.728. The first kappa shape index (κ1) is 18.2. The zero-order valence-electron chi connectivity index (χ0n) is 14.3. The minimum absolute atomic E-state index is 0.0250. The predicted molar refractivity (Wildman–Crippen MR) is 96.8 cm³/mol. The molecule has 1 N–H and O–H groups in total. The van der Waals surface area contributed by atoms with Crippen molar-refractivity contribution in [3.63, 3.8) is 0 Å². The van der Waals surface area contributed by atoms with E-state index < -0.39 is 0 Å². The minimum atomic E-state index is -0.113. The van der Waals surface area contributed by atoms with Crippen molar-refractivity contribution in [1.29, 1.82) is 0 Å². The van der Waals surface area contributed by atoms with Crippen LogP contribution in [-0.2, 0) is 4.79 Å². The quantitative estimate of drug-likeness (QED) is 0.726. The van der Waals surface area contributed by atoms with Gasteiger partial charge in [0.2, 0.25) is 5.91 Å². The van der Waals surface area contributed by atoms with Crippen LogP contribution in [0.3, 0.4) is 0 Å². The van der Waals surface area contributed by atoms with Gasteiger partial charge in [-0.25, -0.2) is 0 Å². The largest absolute Gasteiger partial charge is 0.494 e. The number of amides is 1. The Kier molecular flexibility index (Phi) is 6.55. The molecule has 128 valence electrons. The lowest BCUT2D eigenvalue weighted by molar-refractivity contribution is -0.121. The molecule has 0 aliphatic carbocycles. The third kappa shape index (κ3) is 5.20. The average molecular weight is 345 g/mol. The molecular weight excluding hydrogens is 322 g/mol. The number of benzene rings is 1. The van der Waals surface area contributed by atoms with Crippen LogP contribution in [0.4, 0.5) is 0 Å². The summed E-state index contributed by atoms with van der Waals surface area (Å²) in [6.45, 7) is 6.46. The molecule has 0 bridgehead atoms. The van der Waals surface area contributed by atoms with Crippen LogP contribution >= 0.6 is 11.3 Å². The van der Waals surface area contributed by atoms with E-state index in [1.165, 1.54) is 11.3 Å². The molecule has 0 radical (unpaired) electrons. The standard InChI is InChI=1S/C19H23NO3S/c1-4-23-16-8-6-15(7-9-16)14(3)20-19(22)12-10-17(21)18-11-5-13(2)24-18/h5-9,11,14H,4,10,12H2,1-3H3,(H,20,22). The second-order valence-corrected chi connectivity index (χ2v) is 6.91. The maximum absolute atomic E-state index is 12.1. The number of carbonyl (C=O) groups excluding carboxylic acids is 2. The summed E-state index contributed by atoms with van der Waals surface area (Å²) in [7, 11) is 0. The van der Waals surface area contributed by atoms with E-state index in [9.17, 15) is 9.59 Å². The van der Waals surface area contributed by atoms with Crippen LogP contribution in [0.25, 0.3) is 0 Å². The van der Waals surface area contributed by atoms with Crippen molar-refractivity contribution in [2.75, 3.05) is 6.61 Å². The minimum Gasteiger partial charge on any atom is -0.494 e. The second kappa shape index (κ2) is 8.64. The highest BCUT2D eigenvalue weighted by atomic mass is 32.1. The monoisotopic (exact) mass is 345 g/mol. The van der Waals surface area contributed by atoms with Gasteiger partial charge in [0.1, 0.15) is 5.75 Å². The highest BCUT2D eigenvalue weighted by molar-refractivity contribution is 7.14. The van der Waals surface area contributed by atoms with Crippen molar-refractivity contribution in [3.8, 4) is 5.75 Å². The van der Waals surface area contributed by atoms with E-state index >= 15 is 0 Å². The summed E-state index contributed by atoms with van der Waals surface area (Å²) in [4.78, 5) is 25.9. The molecule has 2 aromatic rings. The van der Waals surface area contributed by atoms with Crippen LogP contribution < -0.4 is 10.1 Å². The zero-order chi connectivity index (χ0) is 17.5. The fourth-order valence-electron chi connectivity index (χ4n) is 2.35. The fraction of sp³-hybridized carbons (Fsp3) is 0.368. The van der Waals surface area contributed by atoms with Crippen LogP contribution in [-0.4, -0.2) is 18.3 Å². The average Bonchev–Trinajstić information content (AvgIpc) is 3.00. The van der Waals surface area contributed by atoms with Crippen molar-refractivity contribution >= 4 is 23.0 Å². The first-order valence-corrected chi connectivity index (χ1v) is 8.93. The Morgan fingerprint density at radius 2 is 1.83 bits per heavy atom. The molecular formula is C19H23NO3S. The summed E-state index contributed by atoms with van der Waals surface area (Å²) < 4.78 is 5.41. The predicted octanol–water partition coefficient (Wildman–Crippen LogP) is 4.30. The Balaban J connectivity index is 1.81. The second-order valence-electron chi connectivity index (χ2n) is 5.62. The number of hydrogen-bond donors (Lipinski definition) is 1. The highest BCUT2D eigenvalue weighted by Gasteiger charge is 2.13. The van der Waals surface area contributed by atoms with Gasteiger partial charge >= 0.3 is 0 Å². The van der Waals surface area contributed by atoms with Crippen LogP contribution in [0.5, 0.6) is 5.75 Å². The van der Waals surface area contributed by atoms with Gasteiger partial charge in [0, 0.05) is 17.7 Å². The molecule has 24 heavy (non-hydrogen) atoms. The van der Waals surface area contributed by atoms with Crippen molar-refractivity contribution in [2.24, 2.45) is 0 Å². The van der Waals surface area contributed by atoms with Gasteiger partial charge < -0.3 is 10.1 Å². The number of aryl methyl sites for hydroxylation is 1. The lowest BCUT2D eigenvalue weighted by Gasteiger charge is -2.15. The topological polar surface area (TPSA) is 55.4 Å². The van der Waals surface area contributed by atoms with Crippen LogP contribution in [0.1, 0.15) is 52.8 Å². The van der Waals surface area contributed by atoms with Gasteiger partial charge in [0.05, 0.1) is 17.5 Å². The molecule has 1 amide bonds. The Bertz CT molecular complexity index is 691. The maximum atomic E-state index is 12.1. The lowest BCUT2D eigenvalue weighted by Crippen LogP contribution is -2.26. The molecule has 5 heteroatoms. The van der Waals surface area contributed by atoms with Gasteiger partial charge in [0.15, 0.2) is 5.78 Å². The van der Waals surface area contributed by atoms with Gasteiger partial charge in [-0.2, -0.15) is 0 Å². The Morgan fingerprint density at radius 3 is 2.42 bits per heavy atom. The van der Waals surface area contributed by atoms with Crippen LogP contribution in [0, 0.1) is 6.92 Å². The van der Waals surface area contributed by atoms with Crippen molar-refractivity contribution in [2.45, 2.75) is 39.7 Å². The molecule has 0 aliphatic rings. The molecule has 1 aromatic heterocycles. The molecule has 1 heterocycles. The van der Waals surface area contributed by atoms with Crippen molar-refractivity contribution in [3.05, 3.63) is 51.7 Å². The summed E-state index contributed by atoms with van der Waals surface area (Å²) in [5, 5.41) is 2.93. The van der Waals surface area contributed by atoms with Gasteiger partial charge in [-0.3, -0.25) is 9.59 Å². The Hall–Kier alpha value is -2.14. The third-order valence-corrected chi connectivity index (χ3v) is 4.70. The molecule has 0 saturated carbocycles. The normalized spacial score (nSPS) is 11.8. The number of Topliss-reactive ketones (excluding diaryl/α,β-unsaturated/α-hetero) is 1. The highest BCUT2D eigenvalue weighted by Crippen LogP contribution is 2.19. The van der Waals surface area contributed by atoms with Gasteiger partial charge in [-0.1, -0.05) is 12.1 Å². The number of thiophene rings is 1. The lowest BCUT2D eigenvalue weighted by atomic mass is 10.1. The van der Waals surface area contributed by atoms with Crippen molar-refractivity contribution < 1.29 is 14.3 Å². The summed E-state index contributed by atoms with van der Waals surface area (Å²) >= 11 is 1.47. The SMILES string of the molecule is CCOc1ccc(C(C)NC(=O)CCC(=O)c2ccc(C)s2)cc1. The number of carbonyl (C=O) groups is 2. The first-order valence-electron chi connectivity index (χ1n) is 8.11. The fourth-order valence-corrected chi connectivity index (χ4v) is 3.19. The van der Waals surface area contributed by atoms with E-state index in [-0.39, 0.29) is 30.6 Å². The molecule has 1 unspecified atom stereocenters. The zero-order valence-corrected chi connectivity index (χ0v) is 15.1. The van der Waals surface area contributed by atoms with Crippen molar-refractivity contribution in [1.82, 2.24) is 5.32 Å². The molecule has 0 aliphatic heterocycles. The molecule has 0 fully saturated rings. The summed E-state index contributed by atoms with van der Waals surface area (Å²) in [6, 6.07) is 11.3. The molecule has 1 aromatic carbocycles. The van der Waals surface area contributed by atoms with Crippen LogP contribution in [0.15, 0.2) is 36.4 Å². The van der Waals surface area contributed by atoms with E-state index in [0.29, 0.717) is 6.61 Å². The van der Waals surface area contributed by atoms with E-state index in [0.717, 1.165) is 21.1 Å². The number of nitrogens with one attached hydrogen (secondary N) is 1. The number of ketones is 1. The van der Waals surface area contributed by atoms with E-state index in [1.807, 2.05) is 57.2 Å². The number of rotatable bonds is 8. The number of ether oxygens (including phenoxy) is 1. The molecule has 1 atom stereocenters. The van der Waals surface area contributed by atoms with Crippen LogP contribution in [0.2, 0.25) is 0 Å². The summed E-state index contributed by atoms with van der Waals surface area (Å²) in [5.41, 5.74) is 1.01. The Morgan fingerprint density at radius 1 is 1.12 bits per heavy atom. The first-order chi connectivity index (χ1) is 11.5. The Labute approximate surface area is 146 Å². The molecule has 4 nitrogen and oxygen atoms in total. The molecule has 0 saturated heterocycles. The van der Waals surface area contributed by atoms with Gasteiger partial charge in [-0.15, -0.1) is 11.3 Å². The smallest absolute Gasteiger partial charge is 0.220 e. The van der Waals surface area contributed by atoms with E-state index in [2.05, 4.69) is 5.32 Å². The summed E-state index contributed by atoms with van der Waals surface area (Å²) in [6.07, 6.45) is 0.443. The van der Waals surface area contributed by atoms with Gasteiger partial charge in [0.25, 0.3) is 0 Å².